The van der Waals surface area contributed by atoms with Crippen molar-refractivity contribution in [3.8, 4) is 0 Å². The third-order valence-corrected chi connectivity index (χ3v) is 13.2. The minimum absolute atomic E-state index is 0.0401. The van der Waals surface area contributed by atoms with Gasteiger partial charge in [-0.3, -0.25) is 4.79 Å². The Kier molecular flexibility index (Phi) is 5.09. The van der Waals surface area contributed by atoms with Gasteiger partial charge >= 0.3 is 5.97 Å². The summed E-state index contributed by atoms with van der Waals surface area (Å²) in [6.45, 7) is 21.0. The number of hydrogen-bond donors (Lipinski definition) is 1. The fourth-order valence-electron chi connectivity index (χ4n) is 11.3. The van der Waals surface area contributed by atoms with Gasteiger partial charge in [0, 0.05) is 5.92 Å². The smallest absolute Gasteiger partial charge is 0.310 e. The standard InChI is InChI=1S/C32H48O4/c1-19-11-14-32(26(33)34)16-15-30(7)20(21(32)17-19)9-10-24-29(6)18-22-25(36-28(4,5)35-22)27(2,3)23(29)12-13-31(24,30)8/h9,21-25H,1,10-18H2,2-8H3,(H,33,34)/t21-,22+,23-,24+,25+,29-,30+,31+,32-/m0/s1. The minimum Gasteiger partial charge on any atom is -0.481 e. The first-order valence-electron chi connectivity index (χ1n) is 14.6. The first kappa shape index (κ1) is 25.2. The van der Waals surface area contributed by atoms with E-state index in [0.29, 0.717) is 11.8 Å². The van der Waals surface area contributed by atoms with Gasteiger partial charge in [0.25, 0.3) is 0 Å². The molecule has 1 heterocycles. The summed E-state index contributed by atoms with van der Waals surface area (Å²) >= 11 is 0. The van der Waals surface area contributed by atoms with E-state index in [1.54, 1.807) is 0 Å². The SMILES string of the molecule is C=C1CC[C@]2(C(=O)O)CC[C@]3(C)C(=CC[C@@H]4[C@@]5(C)C[C@H]6OC(C)(C)O[C@H]6C(C)(C)[C@@H]5CC[C@]43C)[C@@H]2C1. The third-order valence-electron chi connectivity index (χ3n) is 13.2. The highest BCUT2D eigenvalue weighted by Crippen LogP contribution is 2.76. The van der Waals surface area contributed by atoms with E-state index in [2.05, 4.69) is 61.1 Å². The summed E-state index contributed by atoms with van der Waals surface area (Å²) in [5.74, 6) is 0.175. The fourth-order valence-corrected chi connectivity index (χ4v) is 11.3. The molecule has 0 aromatic rings. The molecule has 0 radical (unpaired) electrons. The summed E-state index contributed by atoms with van der Waals surface area (Å²) in [5, 5.41) is 10.5. The van der Waals surface area contributed by atoms with Crippen LogP contribution in [-0.4, -0.2) is 29.1 Å². The minimum atomic E-state index is -0.600. The topological polar surface area (TPSA) is 55.8 Å². The summed E-state index contributed by atoms with van der Waals surface area (Å²) in [7, 11) is 0. The van der Waals surface area contributed by atoms with Gasteiger partial charge in [-0.1, -0.05) is 58.4 Å². The van der Waals surface area contributed by atoms with Crippen LogP contribution < -0.4 is 0 Å². The van der Waals surface area contributed by atoms with Crippen LogP contribution in [0, 0.1) is 44.8 Å². The maximum atomic E-state index is 12.7. The normalized spacial score (nSPS) is 52.7. The number of allylic oxidation sites excluding steroid dienone is 3. The zero-order valence-electron chi connectivity index (χ0n) is 23.7. The highest BCUT2D eigenvalue weighted by Gasteiger charge is 2.71. The van der Waals surface area contributed by atoms with Crippen molar-refractivity contribution in [3.63, 3.8) is 0 Å². The third kappa shape index (κ3) is 2.92. The van der Waals surface area contributed by atoms with Gasteiger partial charge in [0.2, 0.25) is 0 Å². The molecular weight excluding hydrogens is 448 g/mol. The molecule has 5 aliphatic carbocycles. The van der Waals surface area contributed by atoms with Crippen LogP contribution in [0.15, 0.2) is 23.8 Å². The van der Waals surface area contributed by atoms with E-state index in [0.717, 1.165) is 44.9 Å². The second-order valence-electron chi connectivity index (χ2n) is 15.4. The molecule has 36 heavy (non-hydrogen) atoms. The van der Waals surface area contributed by atoms with Crippen LogP contribution in [0.4, 0.5) is 0 Å². The molecule has 200 valence electrons. The lowest BCUT2D eigenvalue weighted by Crippen LogP contribution is -2.66. The molecule has 0 aromatic heterocycles. The molecule has 6 aliphatic rings. The Morgan fingerprint density at radius 2 is 1.72 bits per heavy atom. The summed E-state index contributed by atoms with van der Waals surface area (Å²) in [6.07, 6.45) is 11.6. The van der Waals surface area contributed by atoms with Gasteiger partial charge in [-0.2, -0.15) is 0 Å². The van der Waals surface area contributed by atoms with Gasteiger partial charge in [0.05, 0.1) is 17.6 Å². The van der Waals surface area contributed by atoms with Crippen LogP contribution in [-0.2, 0) is 14.3 Å². The number of ether oxygens (including phenoxy) is 2. The molecule has 0 spiro atoms. The molecule has 9 atom stereocenters. The van der Waals surface area contributed by atoms with Gasteiger partial charge < -0.3 is 14.6 Å². The second kappa shape index (κ2) is 7.29. The molecule has 0 aromatic carbocycles. The maximum Gasteiger partial charge on any atom is 0.310 e. The Bertz CT molecular complexity index is 1040. The van der Waals surface area contributed by atoms with Crippen LogP contribution in [0.2, 0.25) is 0 Å². The second-order valence-corrected chi connectivity index (χ2v) is 15.4. The summed E-state index contributed by atoms with van der Waals surface area (Å²) in [4.78, 5) is 12.7. The Morgan fingerprint density at radius 1 is 1.00 bits per heavy atom. The van der Waals surface area contributed by atoms with E-state index >= 15 is 0 Å². The Hall–Kier alpha value is -1.13. The Balaban J connectivity index is 1.43. The molecule has 1 saturated heterocycles. The van der Waals surface area contributed by atoms with Crippen molar-refractivity contribution in [1.82, 2.24) is 0 Å². The molecule has 4 saturated carbocycles. The van der Waals surface area contributed by atoms with E-state index in [4.69, 9.17) is 9.47 Å². The van der Waals surface area contributed by atoms with Crippen LogP contribution in [0.25, 0.3) is 0 Å². The molecule has 0 amide bonds. The molecule has 1 N–H and O–H groups in total. The Morgan fingerprint density at radius 3 is 2.42 bits per heavy atom. The van der Waals surface area contributed by atoms with Gasteiger partial charge in [-0.25, -0.2) is 0 Å². The first-order valence-corrected chi connectivity index (χ1v) is 14.6. The summed E-state index contributed by atoms with van der Waals surface area (Å²) in [5.41, 5.74) is 2.53. The van der Waals surface area contributed by atoms with Crippen molar-refractivity contribution < 1.29 is 19.4 Å². The average Bonchev–Trinajstić information content (AvgIpc) is 3.08. The van der Waals surface area contributed by atoms with Crippen LogP contribution in [0.3, 0.4) is 0 Å². The molecule has 6 rings (SSSR count). The van der Waals surface area contributed by atoms with Crippen LogP contribution in [0.5, 0.6) is 0 Å². The number of carbonyl (C=O) groups is 1. The number of hydrogen-bond acceptors (Lipinski definition) is 3. The number of aliphatic carboxylic acids is 1. The van der Waals surface area contributed by atoms with Crippen molar-refractivity contribution in [2.45, 2.75) is 124 Å². The number of carboxylic acid groups (broad SMARTS) is 1. The predicted octanol–water partition coefficient (Wildman–Crippen LogP) is 7.53. The lowest BCUT2D eigenvalue weighted by molar-refractivity contribution is -0.211. The van der Waals surface area contributed by atoms with Crippen molar-refractivity contribution in [2.24, 2.45) is 44.8 Å². The number of carboxylic acids is 1. The Labute approximate surface area is 218 Å². The summed E-state index contributed by atoms with van der Waals surface area (Å²) < 4.78 is 13.1. The van der Waals surface area contributed by atoms with E-state index in [1.807, 2.05) is 0 Å². The lowest BCUT2D eigenvalue weighted by atomic mass is 9.33. The zero-order valence-corrected chi connectivity index (χ0v) is 23.7. The van der Waals surface area contributed by atoms with Gasteiger partial charge in [0.1, 0.15) is 0 Å². The maximum absolute atomic E-state index is 12.7. The highest BCUT2D eigenvalue weighted by molar-refractivity contribution is 5.77. The van der Waals surface area contributed by atoms with Crippen molar-refractivity contribution in [1.29, 1.82) is 0 Å². The molecule has 4 heteroatoms. The molecular formula is C32H48O4. The molecule has 1 aliphatic heterocycles. The largest absolute Gasteiger partial charge is 0.481 e. The molecule has 4 nitrogen and oxygen atoms in total. The van der Waals surface area contributed by atoms with Crippen molar-refractivity contribution >= 4 is 5.97 Å². The van der Waals surface area contributed by atoms with Crippen molar-refractivity contribution in [3.05, 3.63) is 23.8 Å². The fraction of sp³-hybridized carbons (Fsp3) is 0.844. The van der Waals surface area contributed by atoms with Crippen LogP contribution >= 0.6 is 0 Å². The van der Waals surface area contributed by atoms with E-state index < -0.39 is 17.2 Å². The lowest BCUT2D eigenvalue weighted by Gasteiger charge is -2.71. The predicted molar refractivity (Wildman–Crippen MR) is 141 cm³/mol. The molecule has 0 unspecified atom stereocenters. The van der Waals surface area contributed by atoms with Gasteiger partial charge in [-0.15, -0.1) is 0 Å². The molecule has 5 fully saturated rings. The average molecular weight is 497 g/mol. The van der Waals surface area contributed by atoms with Gasteiger partial charge in [-0.05, 0) is 105 Å². The zero-order chi connectivity index (χ0) is 26.1. The quantitative estimate of drug-likeness (QED) is 0.381. The van der Waals surface area contributed by atoms with E-state index in [-0.39, 0.29) is 39.8 Å². The van der Waals surface area contributed by atoms with Crippen molar-refractivity contribution in [2.75, 3.05) is 0 Å². The monoisotopic (exact) mass is 496 g/mol. The molecule has 0 bridgehead atoms. The number of rotatable bonds is 1. The van der Waals surface area contributed by atoms with E-state index in [9.17, 15) is 9.90 Å². The van der Waals surface area contributed by atoms with E-state index in [1.165, 1.54) is 24.0 Å². The highest BCUT2D eigenvalue weighted by atomic mass is 16.8. The summed E-state index contributed by atoms with van der Waals surface area (Å²) in [6, 6.07) is 0. The first-order chi connectivity index (χ1) is 16.6. The van der Waals surface area contributed by atoms with Crippen LogP contribution in [0.1, 0.15) is 106 Å². The number of fused-ring (bicyclic) bond motifs is 8. The van der Waals surface area contributed by atoms with Gasteiger partial charge in [0.15, 0.2) is 5.79 Å².